The normalized spacial score (nSPS) is 38.3. The molecule has 13 heavy (non-hydrogen) atoms. The summed E-state index contributed by atoms with van der Waals surface area (Å²) in [7, 11) is 0. The molecule has 1 aliphatic carbocycles. The summed E-state index contributed by atoms with van der Waals surface area (Å²) >= 11 is 0. The summed E-state index contributed by atoms with van der Waals surface area (Å²) in [6.45, 7) is 7.16. The molecule has 1 heterocycles. The van der Waals surface area contributed by atoms with Crippen LogP contribution in [0.15, 0.2) is 0 Å². The van der Waals surface area contributed by atoms with Crippen molar-refractivity contribution in [1.82, 2.24) is 10.6 Å². The third-order valence-electron chi connectivity index (χ3n) is 3.50. The van der Waals surface area contributed by atoms with E-state index in [2.05, 4.69) is 24.5 Å². The number of nitrogens with one attached hydrogen (secondary N) is 2. The third-order valence-corrected chi connectivity index (χ3v) is 3.50. The Hall–Kier alpha value is -0.0800. The smallest absolute Gasteiger partial charge is 0.0207 e. The van der Waals surface area contributed by atoms with Crippen molar-refractivity contribution in [1.29, 1.82) is 0 Å². The second kappa shape index (κ2) is 3.58. The summed E-state index contributed by atoms with van der Waals surface area (Å²) < 4.78 is 0. The van der Waals surface area contributed by atoms with Crippen LogP contribution in [0, 0.1) is 5.41 Å². The van der Waals surface area contributed by atoms with Crippen molar-refractivity contribution in [2.24, 2.45) is 5.41 Å². The van der Waals surface area contributed by atoms with Gasteiger partial charge in [-0.2, -0.15) is 0 Å². The SMILES string of the molecule is CC1(C)CCC(NC2CCNC2)C1. The van der Waals surface area contributed by atoms with E-state index in [1.165, 1.54) is 38.8 Å². The summed E-state index contributed by atoms with van der Waals surface area (Å²) in [5.41, 5.74) is 0.587. The molecule has 2 rings (SSSR count). The van der Waals surface area contributed by atoms with E-state index < -0.39 is 0 Å². The molecule has 0 bridgehead atoms. The fraction of sp³-hybridized carbons (Fsp3) is 1.00. The van der Waals surface area contributed by atoms with Crippen LogP contribution in [-0.2, 0) is 0 Å². The Morgan fingerprint density at radius 1 is 1.23 bits per heavy atom. The molecule has 2 atom stereocenters. The van der Waals surface area contributed by atoms with Crippen LogP contribution in [0.1, 0.15) is 39.5 Å². The highest BCUT2D eigenvalue weighted by Gasteiger charge is 2.32. The number of rotatable bonds is 2. The summed E-state index contributed by atoms with van der Waals surface area (Å²) in [6.07, 6.45) is 5.45. The van der Waals surface area contributed by atoms with Gasteiger partial charge in [0.15, 0.2) is 0 Å². The highest BCUT2D eigenvalue weighted by atomic mass is 15.0. The zero-order valence-corrected chi connectivity index (χ0v) is 8.90. The van der Waals surface area contributed by atoms with Gasteiger partial charge in [-0.1, -0.05) is 13.8 Å². The van der Waals surface area contributed by atoms with Gasteiger partial charge in [0.25, 0.3) is 0 Å². The minimum Gasteiger partial charge on any atom is -0.315 e. The minimum atomic E-state index is 0.587. The maximum absolute atomic E-state index is 3.77. The van der Waals surface area contributed by atoms with Gasteiger partial charge in [-0.3, -0.25) is 0 Å². The quantitative estimate of drug-likeness (QED) is 0.676. The summed E-state index contributed by atoms with van der Waals surface area (Å²) in [5, 5.41) is 7.18. The van der Waals surface area contributed by atoms with E-state index in [1.54, 1.807) is 0 Å². The van der Waals surface area contributed by atoms with Crippen molar-refractivity contribution in [2.45, 2.75) is 51.6 Å². The Labute approximate surface area is 81.5 Å². The molecule has 76 valence electrons. The molecule has 1 saturated heterocycles. The molecule has 0 radical (unpaired) electrons. The number of hydrogen-bond donors (Lipinski definition) is 2. The van der Waals surface area contributed by atoms with E-state index in [0.717, 1.165) is 12.1 Å². The first-order valence-corrected chi connectivity index (χ1v) is 5.62. The van der Waals surface area contributed by atoms with Gasteiger partial charge < -0.3 is 10.6 Å². The van der Waals surface area contributed by atoms with E-state index in [9.17, 15) is 0 Å². The van der Waals surface area contributed by atoms with E-state index in [4.69, 9.17) is 0 Å². The van der Waals surface area contributed by atoms with E-state index in [0.29, 0.717) is 5.41 Å². The number of hydrogen-bond acceptors (Lipinski definition) is 2. The lowest BCUT2D eigenvalue weighted by Gasteiger charge is -2.20. The van der Waals surface area contributed by atoms with Crippen molar-refractivity contribution >= 4 is 0 Å². The first-order valence-electron chi connectivity index (χ1n) is 5.62. The monoisotopic (exact) mass is 182 g/mol. The molecule has 0 aromatic carbocycles. The van der Waals surface area contributed by atoms with Gasteiger partial charge in [0, 0.05) is 18.6 Å². The van der Waals surface area contributed by atoms with Crippen LogP contribution < -0.4 is 10.6 Å². The molecular weight excluding hydrogens is 160 g/mol. The first kappa shape index (κ1) is 9.47. The molecule has 0 aromatic heterocycles. The molecule has 1 saturated carbocycles. The van der Waals surface area contributed by atoms with Crippen LogP contribution in [-0.4, -0.2) is 25.2 Å². The van der Waals surface area contributed by atoms with Crippen LogP contribution in [0.25, 0.3) is 0 Å². The maximum Gasteiger partial charge on any atom is 0.0207 e. The Morgan fingerprint density at radius 2 is 2.08 bits per heavy atom. The zero-order valence-electron chi connectivity index (χ0n) is 8.90. The Bertz CT molecular complexity index is 171. The topological polar surface area (TPSA) is 24.1 Å². The van der Waals surface area contributed by atoms with Gasteiger partial charge in [-0.15, -0.1) is 0 Å². The Kier molecular flexibility index (Phi) is 2.61. The average Bonchev–Trinajstić information content (AvgIpc) is 2.61. The lowest BCUT2D eigenvalue weighted by atomic mass is 9.92. The van der Waals surface area contributed by atoms with Gasteiger partial charge in [0.05, 0.1) is 0 Å². The van der Waals surface area contributed by atoms with E-state index in [1.807, 2.05) is 0 Å². The highest BCUT2D eigenvalue weighted by molar-refractivity contribution is 4.90. The van der Waals surface area contributed by atoms with Crippen LogP contribution in [0.5, 0.6) is 0 Å². The molecule has 0 aromatic rings. The molecule has 0 amide bonds. The van der Waals surface area contributed by atoms with Gasteiger partial charge >= 0.3 is 0 Å². The molecule has 0 spiro atoms. The van der Waals surface area contributed by atoms with Crippen molar-refractivity contribution in [3.63, 3.8) is 0 Å². The summed E-state index contributed by atoms with van der Waals surface area (Å²) in [4.78, 5) is 0. The van der Waals surface area contributed by atoms with Gasteiger partial charge in [0.2, 0.25) is 0 Å². The average molecular weight is 182 g/mol. The second-order valence-electron chi connectivity index (χ2n) is 5.46. The van der Waals surface area contributed by atoms with Gasteiger partial charge in [-0.25, -0.2) is 0 Å². The van der Waals surface area contributed by atoms with Crippen LogP contribution >= 0.6 is 0 Å². The van der Waals surface area contributed by atoms with Crippen LogP contribution in [0.4, 0.5) is 0 Å². The van der Waals surface area contributed by atoms with Crippen LogP contribution in [0.2, 0.25) is 0 Å². The fourth-order valence-electron chi connectivity index (χ4n) is 2.71. The van der Waals surface area contributed by atoms with Crippen molar-refractivity contribution in [3.05, 3.63) is 0 Å². The molecule has 1 aliphatic heterocycles. The van der Waals surface area contributed by atoms with Crippen molar-refractivity contribution in [2.75, 3.05) is 13.1 Å². The standard InChI is InChI=1S/C11H22N2/c1-11(2)5-3-9(7-11)13-10-4-6-12-8-10/h9-10,12-13H,3-8H2,1-2H3. The Balaban J connectivity index is 1.77. The molecule has 2 N–H and O–H groups in total. The molecule has 2 fully saturated rings. The third kappa shape index (κ3) is 2.44. The zero-order chi connectivity index (χ0) is 9.31. The van der Waals surface area contributed by atoms with Crippen LogP contribution in [0.3, 0.4) is 0 Å². The highest BCUT2D eigenvalue weighted by Crippen LogP contribution is 2.37. The lowest BCUT2D eigenvalue weighted by Crippen LogP contribution is -2.38. The van der Waals surface area contributed by atoms with E-state index in [-0.39, 0.29) is 0 Å². The molecule has 2 nitrogen and oxygen atoms in total. The predicted molar refractivity (Wildman–Crippen MR) is 55.8 cm³/mol. The summed E-state index contributed by atoms with van der Waals surface area (Å²) in [5.74, 6) is 0. The largest absolute Gasteiger partial charge is 0.315 e. The maximum atomic E-state index is 3.77. The molecule has 2 heteroatoms. The second-order valence-corrected chi connectivity index (χ2v) is 5.46. The Morgan fingerprint density at radius 3 is 2.62 bits per heavy atom. The lowest BCUT2D eigenvalue weighted by molar-refractivity contribution is 0.354. The van der Waals surface area contributed by atoms with Gasteiger partial charge in [0.1, 0.15) is 0 Å². The fourth-order valence-corrected chi connectivity index (χ4v) is 2.71. The van der Waals surface area contributed by atoms with E-state index >= 15 is 0 Å². The van der Waals surface area contributed by atoms with Crippen molar-refractivity contribution < 1.29 is 0 Å². The molecular formula is C11H22N2. The molecule has 2 aliphatic rings. The first-order chi connectivity index (χ1) is 6.16. The van der Waals surface area contributed by atoms with Crippen molar-refractivity contribution in [3.8, 4) is 0 Å². The minimum absolute atomic E-state index is 0.587. The summed E-state index contributed by atoms with van der Waals surface area (Å²) in [6, 6.07) is 1.54. The van der Waals surface area contributed by atoms with Gasteiger partial charge in [-0.05, 0) is 37.6 Å². The predicted octanol–water partition coefficient (Wildman–Crippen LogP) is 1.52. The molecule has 2 unspecified atom stereocenters.